The number of esters is 1. The Balaban J connectivity index is 1.88. The standard InChI is InChI=1S/C23H32N2O5S/c1-5-14(13-26)25-18-20(28)24(22(2,3)4)11-8-10-23(18)17(19(25)27)16-15(31-23)9-6-7-12-30-21(16)29/h6,8-10,14-18,26H,5,7,11-13H2,1-4H3/t14-,15-,16+,17-,18?,23-/m0/s1. The summed E-state index contributed by atoms with van der Waals surface area (Å²) >= 11 is 1.53. The third kappa shape index (κ3) is 3.33. The van der Waals surface area contributed by atoms with Crippen molar-refractivity contribution in [1.29, 1.82) is 0 Å². The molecule has 0 bridgehead atoms. The van der Waals surface area contributed by atoms with Gasteiger partial charge < -0.3 is 19.6 Å². The van der Waals surface area contributed by atoms with E-state index in [0.29, 0.717) is 26.0 Å². The van der Waals surface area contributed by atoms with Crippen LogP contribution in [-0.4, -0.2) is 80.1 Å². The van der Waals surface area contributed by atoms with Crippen molar-refractivity contribution in [2.75, 3.05) is 19.8 Å². The number of thioether (sulfide) groups is 1. The molecule has 1 N–H and O–H groups in total. The summed E-state index contributed by atoms with van der Waals surface area (Å²) in [5.41, 5.74) is -0.426. The fourth-order valence-corrected chi connectivity index (χ4v) is 7.45. The van der Waals surface area contributed by atoms with E-state index in [1.54, 1.807) is 9.80 Å². The van der Waals surface area contributed by atoms with Gasteiger partial charge in [-0.3, -0.25) is 14.4 Å². The van der Waals surface area contributed by atoms with Gasteiger partial charge >= 0.3 is 5.97 Å². The van der Waals surface area contributed by atoms with E-state index in [9.17, 15) is 19.5 Å². The molecule has 0 radical (unpaired) electrons. The van der Waals surface area contributed by atoms with Crippen molar-refractivity contribution in [3.8, 4) is 0 Å². The maximum absolute atomic E-state index is 14.0. The largest absolute Gasteiger partial charge is 0.465 e. The predicted octanol–water partition coefficient (Wildman–Crippen LogP) is 1.75. The van der Waals surface area contributed by atoms with Crippen molar-refractivity contribution in [3.63, 3.8) is 0 Å². The summed E-state index contributed by atoms with van der Waals surface area (Å²) in [5.74, 6) is -2.06. The maximum Gasteiger partial charge on any atom is 0.311 e. The van der Waals surface area contributed by atoms with Gasteiger partial charge in [-0.05, 0) is 33.6 Å². The lowest BCUT2D eigenvalue weighted by Crippen LogP contribution is -2.59. The van der Waals surface area contributed by atoms with Crippen molar-refractivity contribution in [1.82, 2.24) is 9.80 Å². The molecule has 170 valence electrons. The lowest BCUT2D eigenvalue weighted by Gasteiger charge is -2.42. The number of cyclic esters (lactones) is 1. The van der Waals surface area contributed by atoms with Crippen LogP contribution in [0.4, 0.5) is 0 Å². The Kier molecular flexibility index (Phi) is 5.75. The molecule has 0 aromatic heterocycles. The first-order valence-corrected chi connectivity index (χ1v) is 12.0. The highest BCUT2D eigenvalue weighted by Gasteiger charge is 2.71. The van der Waals surface area contributed by atoms with E-state index in [2.05, 4.69) is 0 Å². The highest BCUT2D eigenvalue weighted by atomic mass is 32.2. The second kappa shape index (κ2) is 7.96. The fourth-order valence-electron chi connectivity index (χ4n) is 5.46. The van der Waals surface area contributed by atoms with E-state index < -0.39 is 34.2 Å². The number of likely N-dealkylation sites (tertiary alicyclic amines) is 1. The van der Waals surface area contributed by atoms with Gasteiger partial charge in [-0.1, -0.05) is 31.2 Å². The highest BCUT2D eigenvalue weighted by molar-refractivity contribution is 8.02. The zero-order valence-electron chi connectivity index (χ0n) is 18.6. The number of fused-ring (bicyclic) bond motifs is 2. The van der Waals surface area contributed by atoms with Crippen molar-refractivity contribution in [2.45, 2.75) is 68.2 Å². The number of amides is 2. The number of carbonyl (C=O) groups is 3. The molecule has 4 rings (SSSR count). The SMILES string of the molecule is CC[C@@H](CO)N1C(=O)[C@@H]2[C@@H]3C(=O)OCCC=C[C@@H]3S[C@@]23C=CCN(C(C)(C)C)C(=O)C13. The van der Waals surface area contributed by atoms with Gasteiger partial charge in [-0.2, -0.15) is 0 Å². The van der Waals surface area contributed by atoms with E-state index in [4.69, 9.17) is 4.74 Å². The zero-order chi connectivity index (χ0) is 22.6. The lowest BCUT2D eigenvalue weighted by atomic mass is 9.78. The monoisotopic (exact) mass is 448 g/mol. The van der Waals surface area contributed by atoms with Crippen LogP contribution in [0.5, 0.6) is 0 Å². The molecule has 2 amide bonds. The number of hydrogen-bond acceptors (Lipinski definition) is 6. The van der Waals surface area contributed by atoms with Gasteiger partial charge in [0.15, 0.2) is 0 Å². The van der Waals surface area contributed by atoms with Crippen LogP contribution in [0.3, 0.4) is 0 Å². The van der Waals surface area contributed by atoms with Gasteiger partial charge in [0.2, 0.25) is 11.8 Å². The van der Waals surface area contributed by atoms with Gasteiger partial charge in [-0.25, -0.2) is 0 Å². The molecule has 2 saturated heterocycles. The van der Waals surface area contributed by atoms with E-state index in [-0.39, 0.29) is 29.6 Å². The number of aliphatic hydroxyl groups excluding tert-OH is 1. The average molecular weight is 449 g/mol. The summed E-state index contributed by atoms with van der Waals surface area (Å²) in [5, 5.41) is 9.84. The van der Waals surface area contributed by atoms with Crippen molar-refractivity contribution in [3.05, 3.63) is 24.3 Å². The summed E-state index contributed by atoms with van der Waals surface area (Å²) in [6, 6.07) is -1.24. The van der Waals surface area contributed by atoms with E-state index >= 15 is 0 Å². The molecule has 0 aliphatic carbocycles. The van der Waals surface area contributed by atoms with Gasteiger partial charge in [0, 0.05) is 17.3 Å². The third-order valence-corrected chi connectivity index (χ3v) is 8.69. The zero-order valence-corrected chi connectivity index (χ0v) is 19.4. The molecule has 2 fully saturated rings. The maximum atomic E-state index is 14.0. The summed E-state index contributed by atoms with van der Waals surface area (Å²) in [4.78, 5) is 44.3. The first kappa shape index (κ1) is 22.4. The van der Waals surface area contributed by atoms with Crippen molar-refractivity contribution >= 4 is 29.5 Å². The first-order chi connectivity index (χ1) is 14.7. The average Bonchev–Trinajstić information content (AvgIpc) is 3.06. The van der Waals surface area contributed by atoms with E-state index in [0.717, 1.165) is 0 Å². The summed E-state index contributed by atoms with van der Waals surface area (Å²) in [7, 11) is 0. The number of nitrogens with zero attached hydrogens (tertiary/aromatic N) is 2. The van der Waals surface area contributed by atoms with Gasteiger partial charge in [0.1, 0.15) is 6.04 Å². The van der Waals surface area contributed by atoms with E-state index in [1.807, 2.05) is 52.0 Å². The highest BCUT2D eigenvalue weighted by Crippen LogP contribution is 2.61. The summed E-state index contributed by atoms with van der Waals surface area (Å²) < 4.78 is 4.61. The number of hydrogen-bond donors (Lipinski definition) is 1. The third-order valence-electron chi connectivity index (χ3n) is 6.94. The molecule has 4 heterocycles. The van der Waals surface area contributed by atoms with Crippen LogP contribution < -0.4 is 0 Å². The lowest BCUT2D eigenvalue weighted by molar-refractivity contribution is -0.154. The molecule has 7 nitrogen and oxygen atoms in total. The Hall–Kier alpha value is -1.80. The molecule has 1 unspecified atom stereocenters. The van der Waals surface area contributed by atoms with Crippen LogP contribution >= 0.6 is 11.8 Å². The number of aliphatic hydroxyl groups is 1. The Morgan fingerprint density at radius 3 is 2.65 bits per heavy atom. The molecular weight excluding hydrogens is 416 g/mol. The van der Waals surface area contributed by atoms with Gasteiger partial charge in [-0.15, -0.1) is 11.8 Å². The van der Waals surface area contributed by atoms with Crippen molar-refractivity contribution < 1.29 is 24.2 Å². The predicted molar refractivity (Wildman–Crippen MR) is 118 cm³/mol. The van der Waals surface area contributed by atoms with Crippen LogP contribution in [0.2, 0.25) is 0 Å². The Bertz CT molecular complexity index is 830. The minimum atomic E-state index is -0.861. The molecule has 4 aliphatic rings. The molecule has 6 atom stereocenters. The minimum Gasteiger partial charge on any atom is -0.465 e. The molecule has 1 spiro atoms. The molecule has 0 saturated carbocycles. The molecule has 4 aliphatic heterocycles. The number of rotatable bonds is 3. The normalized spacial score (nSPS) is 36.4. The molecule has 8 heteroatoms. The second-order valence-electron chi connectivity index (χ2n) is 9.74. The second-order valence-corrected chi connectivity index (χ2v) is 11.2. The summed E-state index contributed by atoms with van der Waals surface area (Å²) in [6.07, 6.45) is 9.13. The van der Waals surface area contributed by atoms with Gasteiger partial charge in [0.25, 0.3) is 0 Å². The first-order valence-electron chi connectivity index (χ1n) is 11.1. The number of ether oxygens (including phenoxy) is 1. The fraction of sp³-hybridized carbons (Fsp3) is 0.696. The smallest absolute Gasteiger partial charge is 0.311 e. The molecule has 0 aromatic carbocycles. The van der Waals surface area contributed by atoms with Gasteiger partial charge in [0.05, 0.1) is 35.8 Å². The quantitative estimate of drug-likeness (QED) is 0.523. The Morgan fingerprint density at radius 1 is 1.26 bits per heavy atom. The van der Waals surface area contributed by atoms with Crippen LogP contribution in [0.25, 0.3) is 0 Å². The van der Waals surface area contributed by atoms with Crippen LogP contribution in [0, 0.1) is 11.8 Å². The molecule has 31 heavy (non-hydrogen) atoms. The van der Waals surface area contributed by atoms with Crippen LogP contribution in [0.15, 0.2) is 24.3 Å². The molecular formula is C23H32N2O5S. The summed E-state index contributed by atoms with van der Waals surface area (Å²) in [6.45, 7) is 8.36. The van der Waals surface area contributed by atoms with Crippen molar-refractivity contribution in [2.24, 2.45) is 11.8 Å². The number of carbonyl (C=O) groups excluding carboxylic acids is 3. The Morgan fingerprint density at radius 2 is 2.00 bits per heavy atom. The van der Waals surface area contributed by atoms with E-state index in [1.165, 1.54) is 11.8 Å². The van der Waals surface area contributed by atoms with Crippen LogP contribution in [0.1, 0.15) is 40.5 Å². The topological polar surface area (TPSA) is 87.2 Å². The minimum absolute atomic E-state index is 0.126. The Labute approximate surface area is 187 Å². The van der Waals surface area contributed by atoms with Crippen LogP contribution in [-0.2, 0) is 19.1 Å². The molecule has 0 aromatic rings.